The normalized spacial score (nSPS) is 10.1. The lowest BCUT2D eigenvalue weighted by Crippen LogP contribution is -1.98. The van der Waals surface area contributed by atoms with Crippen molar-refractivity contribution in [3.8, 4) is 23.0 Å². The molecule has 0 aromatic heterocycles. The predicted octanol–water partition coefficient (Wildman–Crippen LogP) is 8.62. The minimum atomic E-state index is -0.0826. The molecule has 0 unspecified atom stereocenters. The number of allylic oxidation sites excluding steroid dienone is 1. The van der Waals surface area contributed by atoms with Crippen LogP contribution in [0.5, 0.6) is 23.0 Å². The number of ether oxygens (including phenoxy) is 4. The highest BCUT2D eigenvalue weighted by atomic mass is 32.2. The molecule has 40 heavy (non-hydrogen) atoms. The van der Waals surface area contributed by atoms with Crippen LogP contribution in [0.1, 0.15) is 49.2 Å². The van der Waals surface area contributed by atoms with Crippen LogP contribution in [-0.4, -0.2) is 34.2 Å². The maximum absolute atomic E-state index is 12.4. The smallest absolute Gasteiger partial charge is 0.187 e. The minimum Gasteiger partial charge on any atom is -0.496 e. The van der Waals surface area contributed by atoms with Crippen LogP contribution in [0.4, 0.5) is 11.4 Å². The minimum absolute atomic E-state index is 0.0826. The number of carbonyl (C=O) groups excluding carboxylic acids is 1. The highest BCUT2D eigenvalue weighted by molar-refractivity contribution is 8.03. The van der Waals surface area contributed by atoms with Gasteiger partial charge in [-0.25, -0.2) is 0 Å². The molecule has 0 aliphatic carbocycles. The number of methoxy groups -OCH3 is 4. The van der Waals surface area contributed by atoms with Gasteiger partial charge in [-0.2, -0.15) is 0 Å². The molecular formula is C32H42N2O5S. The van der Waals surface area contributed by atoms with Crippen molar-refractivity contribution in [3.63, 3.8) is 0 Å². The third-order valence-corrected chi connectivity index (χ3v) is 5.87. The van der Waals surface area contributed by atoms with E-state index in [9.17, 15) is 4.79 Å². The van der Waals surface area contributed by atoms with Gasteiger partial charge in [0.25, 0.3) is 0 Å². The number of anilines is 2. The first kappa shape index (κ1) is 34.0. The molecule has 0 heterocycles. The van der Waals surface area contributed by atoms with Crippen LogP contribution in [0.15, 0.2) is 72.3 Å². The van der Waals surface area contributed by atoms with Gasteiger partial charge >= 0.3 is 0 Å². The molecule has 0 aliphatic heterocycles. The molecule has 0 saturated carbocycles. The van der Waals surface area contributed by atoms with Crippen LogP contribution in [0.2, 0.25) is 0 Å². The summed E-state index contributed by atoms with van der Waals surface area (Å²) < 4.78 is 25.0. The van der Waals surface area contributed by atoms with E-state index in [-0.39, 0.29) is 5.78 Å². The summed E-state index contributed by atoms with van der Waals surface area (Å²) in [5.74, 6) is 2.51. The first-order chi connectivity index (χ1) is 19.5. The quantitative estimate of drug-likeness (QED) is 0.128. The second kappa shape index (κ2) is 19.1. The highest BCUT2D eigenvalue weighted by Crippen LogP contribution is 2.36. The van der Waals surface area contributed by atoms with Gasteiger partial charge in [-0.15, -0.1) is 0 Å². The Morgan fingerprint density at radius 3 is 1.93 bits per heavy atom. The Hall–Kier alpha value is -4.04. The molecule has 0 spiro atoms. The molecule has 8 heteroatoms. The van der Waals surface area contributed by atoms with E-state index in [1.807, 2.05) is 88.6 Å². The predicted molar refractivity (Wildman–Crippen MR) is 170 cm³/mol. The summed E-state index contributed by atoms with van der Waals surface area (Å²) in [6, 6.07) is 16.7. The lowest BCUT2D eigenvalue weighted by Gasteiger charge is -2.13. The van der Waals surface area contributed by atoms with E-state index in [1.165, 1.54) is 18.0 Å². The lowest BCUT2D eigenvalue weighted by atomic mass is 10.1. The number of hydrogen-bond donors (Lipinski definition) is 2. The second-order valence-electron chi connectivity index (χ2n) is 7.59. The topological polar surface area (TPSA) is 78.0 Å². The number of ketones is 1. The third kappa shape index (κ3) is 10.3. The van der Waals surface area contributed by atoms with Crippen LogP contribution >= 0.6 is 11.9 Å². The summed E-state index contributed by atoms with van der Waals surface area (Å²) >= 11 is 1.39. The van der Waals surface area contributed by atoms with Gasteiger partial charge in [0.05, 0.1) is 39.7 Å². The summed E-state index contributed by atoms with van der Waals surface area (Å²) in [4.78, 5) is 12.4. The van der Waals surface area contributed by atoms with Gasteiger partial charge in [0.1, 0.15) is 23.0 Å². The van der Waals surface area contributed by atoms with Crippen molar-refractivity contribution < 1.29 is 23.7 Å². The Morgan fingerprint density at radius 2 is 1.38 bits per heavy atom. The van der Waals surface area contributed by atoms with Crippen LogP contribution in [0, 0.1) is 6.92 Å². The van der Waals surface area contributed by atoms with Gasteiger partial charge in [0.2, 0.25) is 0 Å². The lowest BCUT2D eigenvalue weighted by molar-refractivity contribution is 0.104. The molecular weight excluding hydrogens is 524 g/mol. The van der Waals surface area contributed by atoms with Gasteiger partial charge in [-0.05, 0) is 48.6 Å². The average Bonchev–Trinajstić information content (AvgIpc) is 3.01. The van der Waals surface area contributed by atoms with E-state index in [0.717, 1.165) is 22.5 Å². The molecule has 0 aliphatic rings. The Bertz CT molecular complexity index is 1220. The van der Waals surface area contributed by atoms with Gasteiger partial charge in [0, 0.05) is 35.7 Å². The zero-order valence-electron chi connectivity index (χ0n) is 25.0. The Balaban J connectivity index is 0.00000191. The number of benzene rings is 3. The fourth-order valence-electron chi connectivity index (χ4n) is 3.31. The van der Waals surface area contributed by atoms with E-state index in [0.29, 0.717) is 28.6 Å². The first-order valence-corrected chi connectivity index (χ1v) is 14.0. The average molecular weight is 567 g/mol. The van der Waals surface area contributed by atoms with Crippen molar-refractivity contribution in [2.24, 2.45) is 0 Å². The molecule has 3 aromatic rings. The van der Waals surface area contributed by atoms with Crippen LogP contribution in [-0.2, 0) is 0 Å². The van der Waals surface area contributed by atoms with Gasteiger partial charge in [-0.1, -0.05) is 57.5 Å². The third-order valence-electron chi connectivity index (χ3n) is 5.24. The summed E-state index contributed by atoms with van der Waals surface area (Å²) in [6.07, 6.45) is 5.01. The fraction of sp³-hybridized carbons (Fsp3) is 0.281. The number of rotatable bonds is 12. The van der Waals surface area contributed by atoms with Crippen molar-refractivity contribution in [3.05, 3.63) is 89.0 Å². The van der Waals surface area contributed by atoms with Gasteiger partial charge < -0.3 is 29.0 Å². The number of carbonyl (C=O) groups is 1. The molecule has 0 fully saturated rings. The largest absolute Gasteiger partial charge is 0.496 e. The molecule has 3 rings (SSSR count). The van der Waals surface area contributed by atoms with Crippen LogP contribution < -0.4 is 29.0 Å². The van der Waals surface area contributed by atoms with Gasteiger partial charge in [-0.3, -0.25) is 4.79 Å². The zero-order valence-corrected chi connectivity index (χ0v) is 25.8. The summed E-state index contributed by atoms with van der Waals surface area (Å²) in [6.45, 7) is 9.99. The molecule has 0 atom stereocenters. The fourth-order valence-corrected chi connectivity index (χ4v) is 3.84. The standard InChI is InChI=1S/C28H30N2O5S.2C2H6/c1-19-6-8-20(9-7-19)25(31)12-14-29-24-16-21(10-11-26(24)33-3)30-36-15-13-23-27(34-4)17-22(32-2)18-28(23)35-5;2*1-2/h6-18,29-30H,1-5H3;2*1-2H3/b14-12-,15-13+;;. The maximum atomic E-state index is 12.4. The molecule has 0 bridgehead atoms. The summed E-state index contributed by atoms with van der Waals surface area (Å²) in [5.41, 5.74) is 4.11. The Morgan fingerprint density at radius 1 is 0.775 bits per heavy atom. The first-order valence-electron chi connectivity index (χ1n) is 13.1. The SMILES string of the molecule is CC.CC.COc1cc(OC)c(/C=C/SNc2ccc(OC)c(N/C=C\C(=O)c3ccc(C)cc3)c2)c(OC)c1. The molecule has 216 valence electrons. The van der Waals surface area contributed by atoms with Crippen LogP contribution in [0.3, 0.4) is 0 Å². The summed E-state index contributed by atoms with van der Waals surface area (Å²) in [7, 11) is 6.40. The number of nitrogens with one attached hydrogen (secondary N) is 2. The molecule has 2 N–H and O–H groups in total. The van der Waals surface area contributed by atoms with E-state index < -0.39 is 0 Å². The van der Waals surface area contributed by atoms with Gasteiger partial charge in [0.15, 0.2) is 5.78 Å². The van der Waals surface area contributed by atoms with E-state index in [1.54, 1.807) is 46.8 Å². The van der Waals surface area contributed by atoms with E-state index in [2.05, 4.69) is 10.0 Å². The van der Waals surface area contributed by atoms with E-state index >= 15 is 0 Å². The number of hydrogen-bond acceptors (Lipinski definition) is 8. The van der Waals surface area contributed by atoms with Crippen molar-refractivity contribution in [2.75, 3.05) is 38.5 Å². The van der Waals surface area contributed by atoms with Crippen molar-refractivity contribution in [1.29, 1.82) is 0 Å². The highest BCUT2D eigenvalue weighted by Gasteiger charge is 2.11. The summed E-state index contributed by atoms with van der Waals surface area (Å²) in [5, 5.41) is 5.03. The van der Waals surface area contributed by atoms with Crippen molar-refractivity contribution in [1.82, 2.24) is 0 Å². The van der Waals surface area contributed by atoms with Crippen LogP contribution in [0.25, 0.3) is 6.08 Å². The van der Waals surface area contributed by atoms with Crippen molar-refractivity contribution in [2.45, 2.75) is 34.6 Å². The Kier molecular flexibility index (Phi) is 16.2. The molecule has 0 radical (unpaired) electrons. The zero-order chi connectivity index (χ0) is 29.9. The number of aryl methyl sites for hydroxylation is 1. The molecule has 7 nitrogen and oxygen atoms in total. The Labute approximate surface area is 243 Å². The monoisotopic (exact) mass is 566 g/mol. The van der Waals surface area contributed by atoms with Crippen molar-refractivity contribution >= 4 is 35.2 Å². The molecule has 0 amide bonds. The second-order valence-corrected chi connectivity index (χ2v) is 8.30. The molecule has 0 saturated heterocycles. The maximum Gasteiger partial charge on any atom is 0.187 e. The molecule has 3 aromatic carbocycles. The van der Waals surface area contributed by atoms with E-state index in [4.69, 9.17) is 18.9 Å².